The Morgan fingerprint density at radius 1 is 1.07 bits per heavy atom. The molecule has 2 amide bonds. The van der Waals surface area contributed by atoms with Crippen molar-refractivity contribution in [3.8, 4) is 0 Å². The minimum Gasteiger partial charge on any atom is -0.349 e. The number of hydrogen-bond donors (Lipinski definition) is 1. The van der Waals surface area contributed by atoms with Gasteiger partial charge in [-0.05, 0) is 50.5 Å². The molecule has 0 aliphatic carbocycles. The van der Waals surface area contributed by atoms with Crippen LogP contribution in [0.2, 0.25) is 0 Å². The topological polar surface area (TPSA) is 75.2 Å². The minimum atomic E-state index is -1.23. The van der Waals surface area contributed by atoms with Gasteiger partial charge < -0.3 is 5.32 Å². The molecule has 0 fully saturated rings. The van der Waals surface area contributed by atoms with E-state index in [0.717, 1.165) is 11.5 Å². The normalized spacial score (nSPS) is 12.3. The van der Waals surface area contributed by atoms with Gasteiger partial charge in [0.25, 0.3) is 5.91 Å². The molecule has 1 aromatic heterocycles. The van der Waals surface area contributed by atoms with Crippen molar-refractivity contribution in [3.63, 3.8) is 0 Å². The maximum Gasteiger partial charge on any atom is 0.280 e. The highest BCUT2D eigenvalue weighted by Crippen LogP contribution is 2.31. The van der Waals surface area contributed by atoms with E-state index < -0.39 is 29.2 Å². The number of rotatable bonds is 5. The SMILES string of the molecule is CC(C)(C)NC(=O)[C@H](c1ccccc1F)N(C(=O)c1csnn1)c1ccccc1. The van der Waals surface area contributed by atoms with Crippen LogP contribution in [-0.2, 0) is 4.79 Å². The lowest BCUT2D eigenvalue weighted by Crippen LogP contribution is -2.49. The van der Waals surface area contributed by atoms with Crippen molar-refractivity contribution in [2.75, 3.05) is 4.90 Å². The van der Waals surface area contributed by atoms with Crippen molar-refractivity contribution >= 4 is 29.0 Å². The Morgan fingerprint density at radius 3 is 2.31 bits per heavy atom. The Bertz CT molecular complexity index is 987. The predicted octanol–water partition coefficient (Wildman–Crippen LogP) is 3.98. The van der Waals surface area contributed by atoms with Crippen LogP contribution < -0.4 is 10.2 Å². The molecule has 0 radical (unpaired) electrons. The molecule has 2 aromatic carbocycles. The molecule has 1 N–H and O–H groups in total. The second-order valence-corrected chi connectivity index (χ2v) is 8.07. The second kappa shape index (κ2) is 8.48. The molecule has 0 aliphatic heterocycles. The molecule has 150 valence electrons. The quantitative estimate of drug-likeness (QED) is 0.688. The highest BCUT2D eigenvalue weighted by Gasteiger charge is 2.37. The lowest BCUT2D eigenvalue weighted by Gasteiger charge is -2.33. The Balaban J connectivity index is 2.18. The third kappa shape index (κ3) is 4.83. The fourth-order valence-corrected chi connectivity index (χ4v) is 3.32. The molecule has 0 saturated heterocycles. The summed E-state index contributed by atoms with van der Waals surface area (Å²) in [5.74, 6) is -1.61. The molecule has 0 saturated carbocycles. The van der Waals surface area contributed by atoms with Gasteiger partial charge in [0.15, 0.2) is 5.69 Å². The molecule has 0 aliphatic rings. The third-order valence-electron chi connectivity index (χ3n) is 4.04. The molecule has 3 aromatic rings. The Labute approximate surface area is 172 Å². The summed E-state index contributed by atoms with van der Waals surface area (Å²) in [4.78, 5) is 27.9. The van der Waals surface area contributed by atoms with E-state index in [9.17, 15) is 14.0 Å². The molecule has 0 bridgehead atoms. The van der Waals surface area contributed by atoms with E-state index in [4.69, 9.17) is 0 Å². The first kappa shape index (κ1) is 20.6. The van der Waals surface area contributed by atoms with Crippen LogP contribution in [0.25, 0.3) is 0 Å². The van der Waals surface area contributed by atoms with Crippen LogP contribution in [0.1, 0.15) is 42.9 Å². The van der Waals surface area contributed by atoms with Crippen LogP contribution >= 0.6 is 11.5 Å². The van der Waals surface area contributed by atoms with Gasteiger partial charge in [-0.2, -0.15) is 0 Å². The second-order valence-electron chi connectivity index (χ2n) is 7.46. The first-order valence-electron chi connectivity index (χ1n) is 9.00. The molecule has 6 nitrogen and oxygen atoms in total. The van der Waals surface area contributed by atoms with Crippen molar-refractivity contribution in [2.24, 2.45) is 0 Å². The summed E-state index contributed by atoms with van der Waals surface area (Å²) in [6.45, 7) is 5.47. The summed E-state index contributed by atoms with van der Waals surface area (Å²) < 4.78 is 18.5. The fourth-order valence-electron chi connectivity index (χ4n) is 2.89. The van der Waals surface area contributed by atoms with Crippen molar-refractivity contribution in [1.82, 2.24) is 14.9 Å². The molecule has 29 heavy (non-hydrogen) atoms. The van der Waals surface area contributed by atoms with Gasteiger partial charge in [-0.15, -0.1) is 5.10 Å². The van der Waals surface area contributed by atoms with Crippen LogP contribution in [0.15, 0.2) is 60.0 Å². The average molecular weight is 412 g/mol. The molecule has 8 heteroatoms. The summed E-state index contributed by atoms with van der Waals surface area (Å²) in [7, 11) is 0. The molecule has 0 unspecified atom stereocenters. The summed E-state index contributed by atoms with van der Waals surface area (Å²) >= 11 is 1.03. The van der Waals surface area contributed by atoms with Crippen LogP contribution in [0.3, 0.4) is 0 Å². The smallest absolute Gasteiger partial charge is 0.280 e. The van der Waals surface area contributed by atoms with E-state index in [2.05, 4.69) is 14.9 Å². The van der Waals surface area contributed by atoms with E-state index in [1.54, 1.807) is 36.4 Å². The standard InChI is InChI=1S/C21H21FN4O2S/c1-21(2,3)23-19(27)18(15-11-7-8-12-16(15)22)26(14-9-5-4-6-10-14)20(28)17-13-29-25-24-17/h4-13,18H,1-3H3,(H,23,27)/t18-/m0/s1. The minimum absolute atomic E-state index is 0.0868. The molecular weight excluding hydrogens is 391 g/mol. The fraction of sp³-hybridized carbons (Fsp3) is 0.238. The maximum absolute atomic E-state index is 14.8. The van der Waals surface area contributed by atoms with Gasteiger partial charge in [-0.1, -0.05) is 40.9 Å². The van der Waals surface area contributed by atoms with E-state index in [-0.39, 0.29) is 11.3 Å². The Hall–Kier alpha value is -3.13. The van der Waals surface area contributed by atoms with Crippen LogP contribution in [-0.4, -0.2) is 26.9 Å². The number of nitrogens with one attached hydrogen (secondary N) is 1. The summed E-state index contributed by atoms with van der Waals surface area (Å²) in [5, 5.41) is 8.21. The average Bonchev–Trinajstić information content (AvgIpc) is 3.20. The molecule has 1 heterocycles. The maximum atomic E-state index is 14.8. The number of aromatic nitrogens is 2. The van der Waals surface area contributed by atoms with Crippen LogP contribution in [0.4, 0.5) is 10.1 Å². The van der Waals surface area contributed by atoms with E-state index in [0.29, 0.717) is 5.69 Å². The first-order valence-corrected chi connectivity index (χ1v) is 9.84. The zero-order valence-electron chi connectivity index (χ0n) is 16.3. The Morgan fingerprint density at radius 2 is 1.72 bits per heavy atom. The van der Waals surface area contributed by atoms with E-state index >= 15 is 0 Å². The van der Waals surface area contributed by atoms with Crippen LogP contribution in [0, 0.1) is 5.82 Å². The monoisotopic (exact) mass is 412 g/mol. The number of amides is 2. The summed E-state index contributed by atoms with van der Waals surface area (Å²) in [5.41, 5.74) is 0.0509. The lowest BCUT2D eigenvalue weighted by atomic mass is 10.00. The van der Waals surface area contributed by atoms with Gasteiger partial charge in [-0.25, -0.2) is 4.39 Å². The lowest BCUT2D eigenvalue weighted by molar-refractivity contribution is -0.124. The van der Waals surface area contributed by atoms with Gasteiger partial charge in [0.2, 0.25) is 5.91 Å². The predicted molar refractivity (Wildman–Crippen MR) is 110 cm³/mol. The number of carbonyl (C=O) groups is 2. The highest BCUT2D eigenvalue weighted by atomic mass is 32.1. The van der Waals surface area contributed by atoms with Crippen molar-refractivity contribution in [2.45, 2.75) is 32.4 Å². The number of hydrogen-bond acceptors (Lipinski definition) is 5. The molecule has 0 spiro atoms. The number of benzene rings is 2. The van der Waals surface area contributed by atoms with Crippen molar-refractivity contribution < 1.29 is 14.0 Å². The number of halogens is 1. The van der Waals surface area contributed by atoms with Crippen molar-refractivity contribution in [3.05, 3.63) is 77.1 Å². The van der Waals surface area contributed by atoms with Gasteiger partial charge in [0, 0.05) is 22.2 Å². The molecular formula is C21H21FN4O2S. The van der Waals surface area contributed by atoms with Gasteiger partial charge in [-0.3, -0.25) is 14.5 Å². The Kier molecular flexibility index (Phi) is 6.03. The molecule has 3 rings (SSSR count). The van der Waals surface area contributed by atoms with Gasteiger partial charge in [0.05, 0.1) is 0 Å². The first-order chi connectivity index (χ1) is 13.8. The van der Waals surface area contributed by atoms with E-state index in [1.807, 2.05) is 20.8 Å². The van der Waals surface area contributed by atoms with Gasteiger partial charge in [0.1, 0.15) is 11.9 Å². The van der Waals surface area contributed by atoms with Crippen molar-refractivity contribution in [1.29, 1.82) is 0 Å². The van der Waals surface area contributed by atoms with Gasteiger partial charge >= 0.3 is 0 Å². The third-order valence-corrected chi connectivity index (χ3v) is 4.54. The molecule has 1 atom stereocenters. The number of anilines is 1. The summed E-state index contributed by atoms with van der Waals surface area (Å²) in [6, 6.07) is 13.4. The number of nitrogens with zero attached hydrogens (tertiary/aromatic N) is 3. The zero-order valence-corrected chi connectivity index (χ0v) is 17.1. The number of para-hydroxylation sites is 1. The highest BCUT2D eigenvalue weighted by molar-refractivity contribution is 7.03. The zero-order chi connectivity index (χ0) is 21.0. The summed E-state index contributed by atoms with van der Waals surface area (Å²) in [6.07, 6.45) is 0. The van der Waals surface area contributed by atoms with E-state index in [1.165, 1.54) is 28.5 Å². The number of carbonyl (C=O) groups excluding carboxylic acids is 2. The van der Waals surface area contributed by atoms with Crippen LogP contribution in [0.5, 0.6) is 0 Å². The largest absolute Gasteiger partial charge is 0.349 e.